The van der Waals surface area contributed by atoms with E-state index in [1.807, 2.05) is 0 Å². The topological polar surface area (TPSA) is 38.0 Å². The molecule has 0 aromatic heterocycles. The zero-order valence-electron chi connectivity index (χ0n) is 9.32. The summed E-state index contributed by atoms with van der Waals surface area (Å²) in [5, 5.41) is 3.09. The molecule has 0 aromatic rings. The van der Waals surface area contributed by atoms with E-state index in [0.29, 0.717) is 19.4 Å². The second-order valence-corrected chi connectivity index (χ2v) is 4.49. The van der Waals surface area contributed by atoms with Gasteiger partial charge in [-0.1, -0.05) is 12.5 Å². The summed E-state index contributed by atoms with van der Waals surface area (Å²) in [5.74, 6) is -1.22. The predicted molar refractivity (Wildman–Crippen MR) is 58.0 cm³/mol. The molecule has 5 heteroatoms. The van der Waals surface area contributed by atoms with Crippen LogP contribution in [0, 0.1) is 5.92 Å². The lowest BCUT2D eigenvalue weighted by molar-refractivity contribution is -0.187. The van der Waals surface area contributed by atoms with Gasteiger partial charge in [0.2, 0.25) is 0 Å². The van der Waals surface area contributed by atoms with Crippen LogP contribution in [0.2, 0.25) is 0 Å². The molecule has 2 unspecified atom stereocenters. The van der Waals surface area contributed by atoms with Crippen LogP contribution in [-0.4, -0.2) is 24.8 Å². The van der Waals surface area contributed by atoms with Crippen molar-refractivity contribution in [3.05, 3.63) is 12.7 Å². The van der Waals surface area contributed by atoms with Crippen molar-refractivity contribution in [3.63, 3.8) is 0 Å². The molecule has 3 N–H and O–H groups in total. The van der Waals surface area contributed by atoms with Crippen molar-refractivity contribution in [2.75, 3.05) is 13.1 Å². The Morgan fingerprint density at radius 3 is 2.69 bits per heavy atom. The van der Waals surface area contributed by atoms with Gasteiger partial charge < -0.3 is 11.1 Å². The SMILES string of the molecule is C=CCNC1(CN)CCCC(C(F)(F)F)C1. The first-order valence-corrected chi connectivity index (χ1v) is 5.56. The van der Waals surface area contributed by atoms with Gasteiger partial charge in [0, 0.05) is 18.6 Å². The second-order valence-electron chi connectivity index (χ2n) is 4.49. The molecule has 1 saturated carbocycles. The van der Waals surface area contributed by atoms with E-state index in [2.05, 4.69) is 11.9 Å². The van der Waals surface area contributed by atoms with Crippen LogP contribution in [0.3, 0.4) is 0 Å². The zero-order chi connectivity index (χ0) is 12.2. The van der Waals surface area contributed by atoms with Crippen molar-refractivity contribution in [2.45, 2.75) is 37.4 Å². The van der Waals surface area contributed by atoms with Crippen molar-refractivity contribution in [1.29, 1.82) is 0 Å². The average Bonchev–Trinajstić information content (AvgIpc) is 2.25. The molecule has 1 aliphatic carbocycles. The van der Waals surface area contributed by atoms with Gasteiger partial charge in [0.25, 0.3) is 0 Å². The molecule has 0 amide bonds. The van der Waals surface area contributed by atoms with Gasteiger partial charge in [-0.2, -0.15) is 13.2 Å². The van der Waals surface area contributed by atoms with E-state index >= 15 is 0 Å². The molecule has 1 aliphatic rings. The van der Waals surface area contributed by atoms with Crippen molar-refractivity contribution >= 4 is 0 Å². The second kappa shape index (κ2) is 5.19. The van der Waals surface area contributed by atoms with Crippen molar-refractivity contribution in [2.24, 2.45) is 11.7 Å². The fourth-order valence-corrected chi connectivity index (χ4v) is 2.35. The third-order valence-corrected chi connectivity index (χ3v) is 3.32. The van der Waals surface area contributed by atoms with Crippen LogP contribution >= 0.6 is 0 Å². The van der Waals surface area contributed by atoms with Gasteiger partial charge in [-0.3, -0.25) is 0 Å². The summed E-state index contributed by atoms with van der Waals surface area (Å²) in [6, 6.07) is 0. The van der Waals surface area contributed by atoms with Crippen LogP contribution in [0.5, 0.6) is 0 Å². The van der Waals surface area contributed by atoms with Gasteiger partial charge in [0.05, 0.1) is 5.92 Å². The summed E-state index contributed by atoms with van der Waals surface area (Å²) in [6.07, 6.45) is -0.859. The minimum absolute atomic E-state index is 0.0842. The smallest absolute Gasteiger partial charge is 0.329 e. The van der Waals surface area contributed by atoms with E-state index < -0.39 is 17.6 Å². The Hall–Kier alpha value is -0.550. The van der Waals surface area contributed by atoms with Gasteiger partial charge in [-0.05, 0) is 19.3 Å². The maximum Gasteiger partial charge on any atom is 0.391 e. The lowest BCUT2D eigenvalue weighted by Crippen LogP contribution is -2.55. The monoisotopic (exact) mass is 236 g/mol. The Balaban J connectivity index is 2.68. The Labute approximate surface area is 94.1 Å². The maximum absolute atomic E-state index is 12.7. The van der Waals surface area contributed by atoms with Gasteiger partial charge >= 0.3 is 6.18 Å². The van der Waals surface area contributed by atoms with Gasteiger partial charge in [-0.25, -0.2) is 0 Å². The number of hydrogen-bond donors (Lipinski definition) is 2. The highest BCUT2D eigenvalue weighted by Crippen LogP contribution is 2.41. The van der Waals surface area contributed by atoms with Crippen LogP contribution in [0.1, 0.15) is 25.7 Å². The number of nitrogens with two attached hydrogens (primary N) is 1. The third-order valence-electron chi connectivity index (χ3n) is 3.32. The summed E-state index contributed by atoms with van der Waals surface area (Å²) >= 11 is 0. The fourth-order valence-electron chi connectivity index (χ4n) is 2.35. The molecular weight excluding hydrogens is 217 g/mol. The Bertz CT molecular complexity index is 240. The molecule has 0 saturated heterocycles. The standard InChI is InChI=1S/C11H19F3N2/c1-2-6-16-10(8-15)5-3-4-9(7-10)11(12,13)14/h2,9,16H,1,3-8,15H2. The highest BCUT2D eigenvalue weighted by atomic mass is 19.4. The molecule has 1 fully saturated rings. The Morgan fingerprint density at radius 2 is 2.19 bits per heavy atom. The fraction of sp³-hybridized carbons (Fsp3) is 0.818. The summed E-state index contributed by atoms with van der Waals surface area (Å²) < 4.78 is 38.0. The third kappa shape index (κ3) is 3.22. The molecule has 2 nitrogen and oxygen atoms in total. The van der Waals surface area contributed by atoms with Gasteiger partial charge in [-0.15, -0.1) is 6.58 Å². The highest BCUT2D eigenvalue weighted by Gasteiger charge is 2.46. The number of halogens is 3. The van der Waals surface area contributed by atoms with Crippen LogP contribution in [-0.2, 0) is 0 Å². The van der Waals surface area contributed by atoms with Crippen molar-refractivity contribution in [1.82, 2.24) is 5.32 Å². The molecule has 1 rings (SSSR count). The number of hydrogen-bond acceptors (Lipinski definition) is 2. The van der Waals surface area contributed by atoms with E-state index in [1.165, 1.54) is 0 Å². The molecule has 0 spiro atoms. The lowest BCUT2D eigenvalue weighted by Gasteiger charge is -2.41. The largest absolute Gasteiger partial charge is 0.391 e. The molecule has 16 heavy (non-hydrogen) atoms. The molecule has 0 aliphatic heterocycles. The zero-order valence-corrected chi connectivity index (χ0v) is 9.32. The average molecular weight is 236 g/mol. The molecule has 94 valence electrons. The molecule has 0 bridgehead atoms. The quantitative estimate of drug-likeness (QED) is 0.734. The molecular formula is C11H19F3N2. The molecule has 0 radical (unpaired) electrons. The number of rotatable bonds is 4. The first-order chi connectivity index (χ1) is 7.43. The summed E-state index contributed by atoms with van der Waals surface area (Å²) in [6.45, 7) is 4.30. The van der Waals surface area contributed by atoms with Crippen molar-refractivity contribution in [3.8, 4) is 0 Å². The predicted octanol–water partition coefficient (Wildman–Crippen LogP) is 2.21. The van der Waals surface area contributed by atoms with Crippen LogP contribution in [0.25, 0.3) is 0 Å². The minimum atomic E-state index is -4.10. The Morgan fingerprint density at radius 1 is 1.50 bits per heavy atom. The van der Waals surface area contributed by atoms with E-state index in [-0.39, 0.29) is 19.4 Å². The first-order valence-electron chi connectivity index (χ1n) is 5.56. The molecule has 0 heterocycles. The number of nitrogens with one attached hydrogen (secondary N) is 1. The van der Waals surface area contributed by atoms with Crippen LogP contribution < -0.4 is 11.1 Å². The minimum Gasteiger partial charge on any atom is -0.329 e. The first kappa shape index (κ1) is 13.5. The van der Waals surface area contributed by atoms with Crippen LogP contribution in [0.15, 0.2) is 12.7 Å². The van der Waals surface area contributed by atoms with Gasteiger partial charge in [0.15, 0.2) is 0 Å². The summed E-state index contributed by atoms with van der Waals surface area (Å²) in [4.78, 5) is 0. The van der Waals surface area contributed by atoms with E-state index in [9.17, 15) is 13.2 Å². The number of alkyl halides is 3. The van der Waals surface area contributed by atoms with E-state index in [4.69, 9.17) is 5.73 Å². The summed E-state index contributed by atoms with van der Waals surface area (Å²) in [5.41, 5.74) is 5.06. The lowest BCUT2D eigenvalue weighted by atomic mass is 9.75. The van der Waals surface area contributed by atoms with Crippen LogP contribution in [0.4, 0.5) is 13.2 Å². The maximum atomic E-state index is 12.7. The van der Waals surface area contributed by atoms with E-state index in [1.54, 1.807) is 6.08 Å². The normalized spacial score (nSPS) is 31.4. The summed E-state index contributed by atoms with van der Waals surface area (Å²) in [7, 11) is 0. The molecule has 2 atom stereocenters. The van der Waals surface area contributed by atoms with Crippen molar-refractivity contribution < 1.29 is 13.2 Å². The van der Waals surface area contributed by atoms with E-state index in [0.717, 1.165) is 0 Å². The Kier molecular flexibility index (Phi) is 4.38. The molecule has 0 aromatic carbocycles. The van der Waals surface area contributed by atoms with Gasteiger partial charge in [0.1, 0.15) is 0 Å². The highest BCUT2D eigenvalue weighted by molar-refractivity contribution is 4.97.